The first-order chi connectivity index (χ1) is 22.2. The largest absolute Gasteiger partial charge is 0.469 e. The fraction of sp³-hybridized carbons (Fsp3) is 0.382. The molecule has 0 saturated heterocycles. The average molecular weight is 629 g/mol. The number of aliphatic hydroxyl groups excluding tert-OH is 1. The van der Waals surface area contributed by atoms with Crippen molar-refractivity contribution in [3.63, 3.8) is 0 Å². The first-order valence-electron chi connectivity index (χ1n) is 15.5. The van der Waals surface area contributed by atoms with Crippen LogP contribution in [0, 0.1) is 5.92 Å². The number of aryl methyl sites for hydroxylation is 1. The molecule has 4 N–H and O–H groups in total. The Bertz CT molecular complexity index is 1730. The zero-order chi connectivity index (χ0) is 32.7. The van der Waals surface area contributed by atoms with Crippen molar-refractivity contribution in [3.05, 3.63) is 83.8 Å². The first kappa shape index (κ1) is 32.6. The van der Waals surface area contributed by atoms with Gasteiger partial charge in [0.1, 0.15) is 0 Å². The summed E-state index contributed by atoms with van der Waals surface area (Å²) in [6.07, 6.45) is 9.82. The number of aromatic amines is 1. The molecule has 3 heterocycles. The zero-order valence-electron chi connectivity index (χ0n) is 26.1. The van der Waals surface area contributed by atoms with Crippen LogP contribution in [0.5, 0.6) is 0 Å². The maximum Gasteiger partial charge on any atom is 0.305 e. The lowest BCUT2D eigenvalue weighted by molar-refractivity contribution is -0.140. The van der Waals surface area contributed by atoms with Crippen LogP contribution >= 0.6 is 0 Å². The average Bonchev–Trinajstić information content (AvgIpc) is 3.74. The van der Waals surface area contributed by atoms with Gasteiger partial charge in [-0.2, -0.15) is 0 Å². The number of H-pyrrole nitrogens is 1. The number of benzene rings is 2. The quantitative estimate of drug-likeness (QED) is 0.0881. The molecule has 0 spiro atoms. The van der Waals surface area contributed by atoms with Crippen molar-refractivity contribution in [2.75, 3.05) is 30.5 Å². The third-order valence-electron chi connectivity index (χ3n) is 8.38. The summed E-state index contributed by atoms with van der Waals surface area (Å²) in [4.78, 5) is 43.3. The Labute approximate surface area is 267 Å². The predicted molar refractivity (Wildman–Crippen MR) is 173 cm³/mol. The van der Waals surface area contributed by atoms with Crippen molar-refractivity contribution in [2.24, 2.45) is 5.92 Å². The number of esters is 1. The molecule has 4 aromatic rings. The van der Waals surface area contributed by atoms with Gasteiger partial charge in [-0.3, -0.25) is 19.1 Å². The maximum absolute atomic E-state index is 13.9. The Morgan fingerprint density at radius 1 is 1.17 bits per heavy atom. The molecular weight excluding hydrogens is 588 g/mol. The Hall–Kier alpha value is -4.81. The number of nitrogens with one attached hydrogen (secondary N) is 2. The van der Waals surface area contributed by atoms with Crippen molar-refractivity contribution in [1.82, 2.24) is 20.0 Å². The number of allylic oxidation sites excluding steroid dienone is 1. The minimum atomic E-state index is -1.87. The molecule has 1 aliphatic rings. The van der Waals surface area contributed by atoms with Gasteiger partial charge in [-0.25, -0.2) is 0 Å². The Morgan fingerprint density at radius 3 is 2.80 bits per heavy atom. The van der Waals surface area contributed by atoms with Crippen LogP contribution in [-0.4, -0.2) is 68.2 Å². The van der Waals surface area contributed by atoms with Crippen LogP contribution in [0.15, 0.2) is 67.0 Å². The van der Waals surface area contributed by atoms with Gasteiger partial charge < -0.3 is 30.2 Å². The summed E-state index contributed by atoms with van der Waals surface area (Å²) >= 11 is 0. The van der Waals surface area contributed by atoms with Gasteiger partial charge in [0.05, 0.1) is 24.9 Å². The lowest BCUT2D eigenvalue weighted by Crippen LogP contribution is -2.44. The number of nitrogens with zero attached hydrogens (tertiary/aromatic N) is 4. The van der Waals surface area contributed by atoms with Gasteiger partial charge in [-0.05, 0) is 49.1 Å². The van der Waals surface area contributed by atoms with Crippen LogP contribution in [0.4, 0.5) is 11.4 Å². The summed E-state index contributed by atoms with van der Waals surface area (Å²) < 4.78 is 6.41. The minimum Gasteiger partial charge on any atom is -0.469 e. The topological polar surface area (TPSA) is 163 Å². The van der Waals surface area contributed by atoms with Crippen LogP contribution in [-0.2, 0) is 44.1 Å². The number of aliphatic hydroxyl groups is 2. The number of ether oxygens (including phenoxy) is 1. The lowest BCUT2D eigenvalue weighted by Gasteiger charge is -2.28. The van der Waals surface area contributed by atoms with E-state index >= 15 is 0 Å². The van der Waals surface area contributed by atoms with Crippen molar-refractivity contribution in [2.45, 2.75) is 57.6 Å². The molecular formula is C34H40N6O6. The lowest BCUT2D eigenvalue weighted by atomic mass is 9.82. The fourth-order valence-electron chi connectivity index (χ4n) is 5.87. The second kappa shape index (κ2) is 14.5. The molecule has 5 rings (SSSR count). The molecule has 0 radical (unpaired) electrons. The number of fused-ring (bicyclic) bond motifs is 2. The van der Waals surface area contributed by atoms with Crippen molar-refractivity contribution in [3.8, 4) is 0 Å². The summed E-state index contributed by atoms with van der Waals surface area (Å²) in [5.74, 6) is -1.59. The molecule has 0 bridgehead atoms. The number of para-hydroxylation sites is 1. The van der Waals surface area contributed by atoms with E-state index in [9.17, 15) is 19.5 Å². The van der Waals surface area contributed by atoms with E-state index < -0.39 is 17.4 Å². The summed E-state index contributed by atoms with van der Waals surface area (Å²) in [6.45, 7) is 2.65. The number of unbranched alkanes of at least 4 members (excludes halogenated alkanes) is 1. The highest BCUT2D eigenvalue weighted by atomic mass is 16.5. The molecule has 0 saturated carbocycles. The van der Waals surface area contributed by atoms with Gasteiger partial charge in [0.2, 0.25) is 5.91 Å². The molecule has 12 nitrogen and oxygen atoms in total. The molecule has 2 amide bonds. The van der Waals surface area contributed by atoms with E-state index in [2.05, 4.69) is 20.6 Å². The smallest absolute Gasteiger partial charge is 0.305 e. The maximum atomic E-state index is 13.9. The molecule has 0 unspecified atom stereocenters. The van der Waals surface area contributed by atoms with Crippen molar-refractivity contribution in [1.29, 1.82) is 0 Å². The number of hydrogen-bond donors (Lipinski definition) is 4. The zero-order valence-corrected chi connectivity index (χ0v) is 26.1. The van der Waals surface area contributed by atoms with Crippen LogP contribution in [0.2, 0.25) is 0 Å². The number of rotatable bonds is 15. The predicted octanol–water partition coefficient (Wildman–Crippen LogP) is 3.64. The second-order valence-corrected chi connectivity index (χ2v) is 11.5. The van der Waals surface area contributed by atoms with E-state index in [0.29, 0.717) is 61.4 Å². The SMILES string of the molecule is COC(=O)CCCCN1C(=O)[C@](O)([C@H](C)/C=C/CCn2cc(CCO)nn2)c2cc(NC(=O)Cc3c[nH]c4ccccc34)ccc21. The number of amides is 2. The Morgan fingerprint density at radius 2 is 2.00 bits per heavy atom. The van der Waals surface area contributed by atoms with E-state index in [0.717, 1.165) is 16.5 Å². The Kier molecular flexibility index (Phi) is 10.3. The standard InChI is InChI=1S/C34H40N6O6/c1-23(9-5-7-16-39-22-26(15-18-41)37-38-39)34(45)28-20-25(36-31(42)19-24-21-35-29-11-4-3-10-27(24)29)13-14-30(28)40(33(34)44)17-8-6-12-32(43)46-2/h3-5,9-11,13-14,20-23,35,41,45H,6-8,12,15-19H2,1-2H3,(H,36,42)/b9-5+/t23-,34+/m1/s1. The number of anilines is 2. The molecule has 0 aliphatic carbocycles. The monoisotopic (exact) mass is 628 g/mol. The molecule has 242 valence electrons. The van der Waals surface area contributed by atoms with Crippen LogP contribution in [0.1, 0.15) is 49.4 Å². The van der Waals surface area contributed by atoms with Crippen LogP contribution in [0.25, 0.3) is 10.9 Å². The fourth-order valence-corrected chi connectivity index (χ4v) is 5.87. The van der Waals surface area contributed by atoms with E-state index in [4.69, 9.17) is 9.84 Å². The highest BCUT2D eigenvalue weighted by molar-refractivity contribution is 6.08. The third-order valence-corrected chi connectivity index (χ3v) is 8.38. The van der Waals surface area contributed by atoms with Gasteiger partial charge in [0, 0.05) is 73.0 Å². The van der Waals surface area contributed by atoms with E-state index in [1.807, 2.05) is 42.6 Å². The van der Waals surface area contributed by atoms with E-state index in [-0.39, 0.29) is 31.3 Å². The highest BCUT2D eigenvalue weighted by Crippen LogP contribution is 2.46. The highest BCUT2D eigenvalue weighted by Gasteiger charge is 2.52. The first-order valence-corrected chi connectivity index (χ1v) is 15.5. The number of methoxy groups -OCH3 is 1. The van der Waals surface area contributed by atoms with Gasteiger partial charge in [0.15, 0.2) is 5.60 Å². The normalized spacial score (nSPS) is 16.7. The molecule has 2 aromatic heterocycles. The molecule has 12 heteroatoms. The van der Waals surface area contributed by atoms with Crippen LogP contribution < -0.4 is 10.2 Å². The van der Waals surface area contributed by atoms with E-state index in [1.54, 1.807) is 40.9 Å². The molecule has 46 heavy (non-hydrogen) atoms. The molecule has 2 aromatic carbocycles. The summed E-state index contributed by atoms with van der Waals surface area (Å²) in [5, 5.41) is 33.2. The Balaban J connectivity index is 1.33. The second-order valence-electron chi connectivity index (χ2n) is 11.5. The number of carbonyl (C=O) groups excluding carboxylic acids is 3. The number of hydrogen-bond acceptors (Lipinski definition) is 8. The van der Waals surface area contributed by atoms with Gasteiger partial charge in [0.25, 0.3) is 5.91 Å². The third kappa shape index (κ3) is 7.03. The molecule has 1 aliphatic heterocycles. The van der Waals surface area contributed by atoms with Gasteiger partial charge in [-0.1, -0.05) is 42.5 Å². The molecule has 0 fully saturated rings. The van der Waals surface area contributed by atoms with Crippen molar-refractivity contribution >= 4 is 40.1 Å². The molecule has 2 atom stereocenters. The number of carbonyl (C=O) groups is 3. The minimum absolute atomic E-state index is 0.00197. The summed E-state index contributed by atoms with van der Waals surface area (Å²) in [7, 11) is 1.34. The van der Waals surface area contributed by atoms with Gasteiger partial charge >= 0.3 is 5.97 Å². The van der Waals surface area contributed by atoms with Gasteiger partial charge in [-0.15, -0.1) is 5.10 Å². The summed E-state index contributed by atoms with van der Waals surface area (Å²) in [5.41, 5.74) is 2.12. The van der Waals surface area contributed by atoms with E-state index in [1.165, 1.54) is 7.11 Å². The van der Waals surface area contributed by atoms with Crippen molar-refractivity contribution < 1.29 is 29.3 Å². The summed E-state index contributed by atoms with van der Waals surface area (Å²) in [6, 6.07) is 12.9. The number of aromatic nitrogens is 4. The van der Waals surface area contributed by atoms with Crippen LogP contribution in [0.3, 0.4) is 0 Å².